The van der Waals surface area contributed by atoms with Crippen LogP contribution in [0, 0.1) is 19.8 Å². The Morgan fingerprint density at radius 1 is 1.21 bits per heavy atom. The summed E-state index contributed by atoms with van der Waals surface area (Å²) in [6, 6.07) is 9.44. The van der Waals surface area contributed by atoms with Gasteiger partial charge in [0.2, 0.25) is 10.0 Å². The van der Waals surface area contributed by atoms with E-state index in [2.05, 4.69) is 15.8 Å². The van der Waals surface area contributed by atoms with Crippen LogP contribution in [0.15, 0.2) is 51.9 Å². The van der Waals surface area contributed by atoms with Gasteiger partial charge in [-0.15, -0.1) is 0 Å². The number of halogens is 1. The molecule has 3 N–H and O–H groups in total. The number of carbonyl (C=O) groups excluding carboxylic acids is 2. The monoisotopic (exact) mass is 619 g/mol. The third kappa shape index (κ3) is 6.54. The summed E-state index contributed by atoms with van der Waals surface area (Å²) in [4.78, 5) is 28.3. The van der Waals surface area contributed by atoms with Gasteiger partial charge in [-0.05, 0) is 57.2 Å². The first-order chi connectivity index (χ1) is 19.8. The Labute approximate surface area is 249 Å². The van der Waals surface area contributed by atoms with Crippen LogP contribution in [-0.2, 0) is 10.0 Å². The van der Waals surface area contributed by atoms with E-state index >= 15 is 0 Å². The van der Waals surface area contributed by atoms with Gasteiger partial charge in [0.1, 0.15) is 17.5 Å². The van der Waals surface area contributed by atoms with Crippen molar-refractivity contribution in [3.63, 3.8) is 0 Å². The number of ether oxygens (including phenoxy) is 1. The molecule has 226 valence electrons. The fraction of sp³-hybridized carbons (Fsp3) is 0.393. The lowest BCUT2D eigenvalue weighted by Gasteiger charge is -2.38. The zero-order valence-corrected chi connectivity index (χ0v) is 25.5. The van der Waals surface area contributed by atoms with E-state index in [0.29, 0.717) is 22.2 Å². The molecule has 1 aromatic heterocycles. The Balaban J connectivity index is 1.70. The molecule has 0 saturated heterocycles. The van der Waals surface area contributed by atoms with E-state index in [-0.39, 0.29) is 47.5 Å². The lowest BCUT2D eigenvalue weighted by molar-refractivity contribution is 0.0389. The molecule has 3 aromatic rings. The van der Waals surface area contributed by atoms with Crippen molar-refractivity contribution < 1.29 is 32.4 Å². The molecule has 0 saturated carbocycles. The minimum Gasteiger partial charge on any atom is -0.486 e. The molecule has 0 unspecified atom stereocenters. The molecule has 14 heteroatoms. The number of aliphatic hydroxyl groups excluding tert-OH is 1. The van der Waals surface area contributed by atoms with E-state index in [4.69, 9.17) is 20.9 Å². The van der Waals surface area contributed by atoms with Gasteiger partial charge in [0.05, 0.1) is 35.3 Å². The molecule has 0 radical (unpaired) electrons. The quantitative estimate of drug-likeness (QED) is 0.340. The number of aryl methyl sites for hydroxylation is 2. The van der Waals surface area contributed by atoms with Crippen molar-refractivity contribution in [1.29, 1.82) is 0 Å². The number of hydrogen-bond donors (Lipinski definition) is 3. The standard InChI is InChI=1S/C28H34ClN5O7S/c1-16-13-34(17(2)15-35)27(36)22-7-6-8-23(30-28(37)31-25-18(3)32-41-19(25)4)26(22)40-24(16)14-33(5)42(38,39)21-11-9-20(29)10-12-21/h6-12,16-17,24,35H,13-15H2,1-5H3,(H2,30,31,37)/t16-,17+,24+/m1/s1. The first-order valence-corrected chi connectivity index (χ1v) is 15.1. The van der Waals surface area contributed by atoms with Crippen molar-refractivity contribution in [2.75, 3.05) is 37.4 Å². The number of carbonyl (C=O) groups is 2. The Morgan fingerprint density at radius 3 is 2.52 bits per heavy atom. The molecular formula is C28H34ClN5O7S. The maximum Gasteiger partial charge on any atom is 0.323 e. The average molecular weight is 620 g/mol. The molecule has 2 aromatic carbocycles. The number of likely N-dealkylation sites (N-methyl/N-ethyl adjacent to an activating group) is 1. The highest BCUT2D eigenvalue weighted by Gasteiger charge is 2.36. The minimum absolute atomic E-state index is 0.0670. The van der Waals surface area contributed by atoms with Crippen molar-refractivity contribution >= 4 is 44.9 Å². The van der Waals surface area contributed by atoms with E-state index in [9.17, 15) is 23.1 Å². The molecule has 0 spiro atoms. The predicted molar refractivity (Wildman–Crippen MR) is 157 cm³/mol. The molecule has 3 atom stereocenters. The molecule has 2 heterocycles. The second kappa shape index (κ2) is 12.7. The van der Waals surface area contributed by atoms with Crippen LogP contribution >= 0.6 is 11.6 Å². The second-order valence-electron chi connectivity index (χ2n) is 10.3. The van der Waals surface area contributed by atoms with Gasteiger partial charge in [-0.2, -0.15) is 4.31 Å². The number of hydrogen-bond acceptors (Lipinski definition) is 8. The fourth-order valence-corrected chi connectivity index (χ4v) is 5.94. The van der Waals surface area contributed by atoms with Gasteiger partial charge in [-0.1, -0.05) is 29.7 Å². The summed E-state index contributed by atoms with van der Waals surface area (Å²) in [5, 5.41) is 19.6. The number of amides is 3. The second-order valence-corrected chi connectivity index (χ2v) is 12.8. The summed E-state index contributed by atoms with van der Waals surface area (Å²) in [5.74, 6) is -0.262. The molecule has 42 heavy (non-hydrogen) atoms. The van der Waals surface area contributed by atoms with Crippen LogP contribution in [0.3, 0.4) is 0 Å². The number of sulfonamides is 1. The lowest BCUT2D eigenvalue weighted by Crippen LogP contribution is -2.50. The lowest BCUT2D eigenvalue weighted by atomic mass is 9.99. The number of anilines is 2. The number of aromatic nitrogens is 1. The normalized spacial score (nSPS) is 18.1. The number of benzene rings is 2. The number of nitrogens with zero attached hydrogens (tertiary/aromatic N) is 3. The summed E-state index contributed by atoms with van der Waals surface area (Å²) in [5.41, 5.74) is 1.26. The van der Waals surface area contributed by atoms with Gasteiger partial charge in [-0.3, -0.25) is 4.79 Å². The van der Waals surface area contributed by atoms with Crippen LogP contribution in [-0.4, -0.2) is 78.7 Å². The van der Waals surface area contributed by atoms with Crippen molar-refractivity contribution in [2.24, 2.45) is 5.92 Å². The topological polar surface area (TPSA) is 154 Å². The molecule has 0 aliphatic carbocycles. The number of rotatable bonds is 8. The Bertz CT molecular complexity index is 1540. The first kappa shape index (κ1) is 31.3. The highest BCUT2D eigenvalue weighted by atomic mass is 35.5. The fourth-order valence-electron chi connectivity index (χ4n) is 4.63. The van der Waals surface area contributed by atoms with Crippen LogP contribution in [0.2, 0.25) is 5.02 Å². The van der Waals surface area contributed by atoms with E-state index in [1.165, 1.54) is 40.5 Å². The maximum absolute atomic E-state index is 13.7. The molecule has 12 nitrogen and oxygen atoms in total. The summed E-state index contributed by atoms with van der Waals surface area (Å²) in [6.45, 7) is 6.75. The number of nitrogens with one attached hydrogen (secondary N) is 2. The maximum atomic E-state index is 13.7. The molecule has 4 rings (SSSR count). The largest absolute Gasteiger partial charge is 0.486 e. The Kier molecular flexibility index (Phi) is 9.46. The van der Waals surface area contributed by atoms with Crippen LogP contribution in [0.4, 0.5) is 16.2 Å². The number of fused-ring (bicyclic) bond motifs is 1. The van der Waals surface area contributed by atoms with Crippen molar-refractivity contribution in [1.82, 2.24) is 14.4 Å². The summed E-state index contributed by atoms with van der Waals surface area (Å²) in [6.07, 6.45) is -0.745. The van der Waals surface area contributed by atoms with Gasteiger partial charge in [-0.25, -0.2) is 13.2 Å². The molecule has 1 aliphatic heterocycles. The average Bonchev–Trinajstić information content (AvgIpc) is 3.26. The Hall–Kier alpha value is -3.65. The molecule has 0 bridgehead atoms. The molecule has 1 aliphatic rings. The molecule has 3 amide bonds. The zero-order valence-electron chi connectivity index (χ0n) is 23.9. The van der Waals surface area contributed by atoms with Crippen molar-refractivity contribution in [2.45, 2.75) is 44.7 Å². The summed E-state index contributed by atoms with van der Waals surface area (Å²) in [7, 11) is -2.46. The SMILES string of the molecule is Cc1noc(C)c1NC(=O)Nc1cccc2c1O[C@@H](CN(C)S(=O)(=O)c1ccc(Cl)cc1)[C@H](C)CN([C@@H](C)CO)C2=O. The van der Waals surface area contributed by atoms with Gasteiger partial charge in [0.15, 0.2) is 11.5 Å². The predicted octanol–water partition coefficient (Wildman–Crippen LogP) is 4.13. The van der Waals surface area contributed by atoms with Gasteiger partial charge in [0.25, 0.3) is 5.91 Å². The zero-order chi connectivity index (χ0) is 30.8. The third-order valence-corrected chi connectivity index (χ3v) is 9.26. The van der Waals surface area contributed by atoms with E-state index < -0.39 is 34.1 Å². The smallest absolute Gasteiger partial charge is 0.323 e. The van der Waals surface area contributed by atoms with Crippen molar-refractivity contribution in [3.8, 4) is 5.75 Å². The summed E-state index contributed by atoms with van der Waals surface area (Å²) < 4.78 is 39.4. The minimum atomic E-state index is -3.91. The van der Waals surface area contributed by atoms with Gasteiger partial charge < -0.3 is 29.9 Å². The van der Waals surface area contributed by atoms with Gasteiger partial charge in [0, 0.05) is 24.5 Å². The Morgan fingerprint density at radius 2 is 1.90 bits per heavy atom. The van der Waals surface area contributed by atoms with Crippen molar-refractivity contribution in [3.05, 3.63) is 64.5 Å². The number of aliphatic hydroxyl groups is 1. The van der Waals surface area contributed by atoms with E-state index in [0.717, 1.165) is 0 Å². The van der Waals surface area contributed by atoms with Crippen LogP contribution in [0.25, 0.3) is 0 Å². The van der Waals surface area contributed by atoms with E-state index in [1.54, 1.807) is 39.0 Å². The highest BCUT2D eigenvalue weighted by Crippen LogP contribution is 2.35. The molecule has 0 fully saturated rings. The molecular weight excluding hydrogens is 586 g/mol. The van der Waals surface area contributed by atoms with E-state index in [1.807, 2.05) is 6.92 Å². The summed E-state index contributed by atoms with van der Waals surface area (Å²) >= 11 is 5.95. The number of para-hydroxylation sites is 1. The first-order valence-electron chi connectivity index (χ1n) is 13.3. The van der Waals surface area contributed by atoms with Crippen LogP contribution in [0.5, 0.6) is 5.75 Å². The highest BCUT2D eigenvalue weighted by molar-refractivity contribution is 7.89. The van der Waals surface area contributed by atoms with Crippen LogP contribution < -0.4 is 15.4 Å². The van der Waals surface area contributed by atoms with Gasteiger partial charge >= 0.3 is 6.03 Å². The van der Waals surface area contributed by atoms with Crippen LogP contribution in [0.1, 0.15) is 35.7 Å². The third-order valence-electron chi connectivity index (χ3n) is 7.17. The number of urea groups is 1.